The smallest absolute Gasteiger partial charge is 0.0699 e. The van der Waals surface area contributed by atoms with Crippen LogP contribution in [0.4, 0.5) is 0 Å². The third-order valence-corrected chi connectivity index (χ3v) is 3.59. The summed E-state index contributed by atoms with van der Waals surface area (Å²) in [5, 5.41) is 0. The predicted molar refractivity (Wildman–Crippen MR) is 50.8 cm³/mol. The molecular formula is C10H19B. The molecule has 1 fully saturated rings. The van der Waals surface area contributed by atoms with Gasteiger partial charge in [-0.05, 0) is 30.1 Å². The molecule has 0 nitrogen and oxygen atoms in total. The SMILES string of the molecule is [B]C(C)C(C)C(C)(C)C1CC1. The predicted octanol–water partition coefficient (Wildman–Crippen LogP) is 3.04. The molecule has 2 unspecified atom stereocenters. The van der Waals surface area contributed by atoms with Crippen molar-refractivity contribution in [3.8, 4) is 0 Å². The van der Waals surface area contributed by atoms with Gasteiger partial charge in [0, 0.05) is 0 Å². The summed E-state index contributed by atoms with van der Waals surface area (Å²) in [6.07, 6.45) is 2.84. The van der Waals surface area contributed by atoms with Crippen molar-refractivity contribution in [3.05, 3.63) is 0 Å². The zero-order valence-corrected chi connectivity index (χ0v) is 8.22. The molecule has 1 rings (SSSR count). The van der Waals surface area contributed by atoms with Crippen molar-refractivity contribution in [2.45, 2.75) is 46.4 Å². The molecule has 0 aliphatic heterocycles. The molecule has 0 spiro atoms. The lowest BCUT2D eigenvalue weighted by Crippen LogP contribution is -2.26. The fraction of sp³-hybridized carbons (Fsp3) is 1.00. The second kappa shape index (κ2) is 2.84. The highest BCUT2D eigenvalue weighted by Gasteiger charge is 2.41. The van der Waals surface area contributed by atoms with E-state index in [1.165, 1.54) is 12.8 Å². The molecule has 0 heterocycles. The van der Waals surface area contributed by atoms with E-state index in [1.807, 2.05) is 0 Å². The van der Waals surface area contributed by atoms with Crippen LogP contribution in [0.2, 0.25) is 5.82 Å². The minimum atomic E-state index is 0.339. The minimum Gasteiger partial charge on any atom is -0.0771 e. The highest BCUT2D eigenvalue weighted by atomic mass is 14.5. The first-order valence-electron chi connectivity index (χ1n) is 4.72. The van der Waals surface area contributed by atoms with Crippen molar-refractivity contribution in [3.63, 3.8) is 0 Å². The molecule has 0 N–H and O–H groups in total. The Morgan fingerprint density at radius 3 is 2.00 bits per heavy atom. The number of hydrogen-bond acceptors (Lipinski definition) is 0. The molecule has 1 saturated carbocycles. The molecule has 2 radical (unpaired) electrons. The first-order valence-corrected chi connectivity index (χ1v) is 4.72. The molecule has 1 aliphatic rings. The van der Waals surface area contributed by atoms with Gasteiger partial charge in [-0.1, -0.05) is 33.5 Å². The first-order chi connectivity index (χ1) is 4.96. The Bertz CT molecular complexity index is 134. The van der Waals surface area contributed by atoms with Crippen LogP contribution in [-0.4, -0.2) is 7.85 Å². The molecule has 11 heavy (non-hydrogen) atoms. The molecular weight excluding hydrogens is 131 g/mol. The second-order valence-corrected chi connectivity index (χ2v) is 4.74. The van der Waals surface area contributed by atoms with Crippen molar-refractivity contribution in [1.29, 1.82) is 0 Å². The Hall–Kier alpha value is 0.0649. The lowest BCUT2D eigenvalue weighted by atomic mass is 9.64. The Morgan fingerprint density at radius 2 is 1.73 bits per heavy atom. The fourth-order valence-corrected chi connectivity index (χ4v) is 1.88. The Balaban J connectivity index is 2.54. The van der Waals surface area contributed by atoms with Crippen molar-refractivity contribution < 1.29 is 0 Å². The van der Waals surface area contributed by atoms with Crippen LogP contribution < -0.4 is 0 Å². The second-order valence-electron chi connectivity index (χ2n) is 4.74. The summed E-state index contributed by atoms with van der Waals surface area (Å²) in [4.78, 5) is 0. The first kappa shape index (κ1) is 9.16. The third-order valence-electron chi connectivity index (χ3n) is 3.59. The van der Waals surface area contributed by atoms with E-state index in [2.05, 4.69) is 27.7 Å². The Morgan fingerprint density at radius 1 is 1.27 bits per heavy atom. The van der Waals surface area contributed by atoms with Crippen molar-refractivity contribution in [2.75, 3.05) is 0 Å². The van der Waals surface area contributed by atoms with Gasteiger partial charge in [-0.2, -0.15) is 0 Å². The summed E-state index contributed by atoms with van der Waals surface area (Å²) in [5.41, 5.74) is 0.466. The summed E-state index contributed by atoms with van der Waals surface area (Å²) in [5.74, 6) is 1.93. The van der Waals surface area contributed by atoms with Gasteiger partial charge in [0.15, 0.2) is 0 Å². The van der Waals surface area contributed by atoms with Gasteiger partial charge >= 0.3 is 0 Å². The standard InChI is InChI=1S/C10H19B/c1-7(8(2)11)10(3,4)9-5-6-9/h7-9H,5-6H2,1-4H3. The van der Waals surface area contributed by atoms with E-state index in [1.54, 1.807) is 0 Å². The molecule has 2 atom stereocenters. The molecule has 0 bridgehead atoms. The highest BCUT2D eigenvalue weighted by molar-refractivity contribution is 6.11. The largest absolute Gasteiger partial charge is 0.0771 e. The van der Waals surface area contributed by atoms with Gasteiger partial charge in [0.25, 0.3) is 0 Å². The molecule has 1 aliphatic carbocycles. The van der Waals surface area contributed by atoms with Crippen LogP contribution in [0.15, 0.2) is 0 Å². The van der Waals surface area contributed by atoms with Crippen LogP contribution in [0.1, 0.15) is 40.5 Å². The molecule has 0 aromatic heterocycles. The fourth-order valence-electron chi connectivity index (χ4n) is 1.88. The van der Waals surface area contributed by atoms with E-state index < -0.39 is 0 Å². The van der Waals surface area contributed by atoms with Gasteiger partial charge < -0.3 is 0 Å². The number of hydrogen-bond donors (Lipinski definition) is 0. The van der Waals surface area contributed by atoms with Crippen molar-refractivity contribution >= 4 is 7.85 Å². The summed E-state index contributed by atoms with van der Waals surface area (Å²) in [6.45, 7) is 9.12. The number of rotatable bonds is 3. The maximum atomic E-state index is 5.89. The van der Waals surface area contributed by atoms with E-state index >= 15 is 0 Å². The van der Waals surface area contributed by atoms with Crippen molar-refractivity contribution in [1.82, 2.24) is 0 Å². The maximum absolute atomic E-state index is 5.89. The van der Waals surface area contributed by atoms with E-state index in [0.717, 1.165) is 5.92 Å². The zero-order chi connectivity index (χ0) is 8.65. The Kier molecular flexibility index (Phi) is 2.36. The van der Waals surface area contributed by atoms with Crippen LogP contribution in [0.3, 0.4) is 0 Å². The molecule has 0 aromatic carbocycles. The summed E-state index contributed by atoms with van der Waals surface area (Å²) < 4.78 is 0. The minimum absolute atomic E-state index is 0.339. The van der Waals surface area contributed by atoms with Crippen LogP contribution >= 0.6 is 0 Å². The van der Waals surface area contributed by atoms with Gasteiger partial charge in [0.1, 0.15) is 0 Å². The van der Waals surface area contributed by atoms with E-state index in [9.17, 15) is 0 Å². The van der Waals surface area contributed by atoms with E-state index in [4.69, 9.17) is 7.85 Å². The quantitative estimate of drug-likeness (QED) is 0.542. The monoisotopic (exact) mass is 150 g/mol. The van der Waals surface area contributed by atoms with E-state index in [-0.39, 0.29) is 0 Å². The van der Waals surface area contributed by atoms with Gasteiger partial charge in [-0.15, -0.1) is 0 Å². The Labute approximate surface area is 72.2 Å². The van der Waals surface area contributed by atoms with Crippen LogP contribution in [0, 0.1) is 17.3 Å². The van der Waals surface area contributed by atoms with Crippen LogP contribution in [-0.2, 0) is 0 Å². The maximum Gasteiger partial charge on any atom is 0.0699 e. The van der Waals surface area contributed by atoms with Crippen LogP contribution in [0.25, 0.3) is 0 Å². The summed E-state index contributed by atoms with van der Waals surface area (Å²) in [7, 11) is 5.89. The molecule has 0 amide bonds. The van der Waals surface area contributed by atoms with Crippen molar-refractivity contribution in [2.24, 2.45) is 17.3 Å². The highest BCUT2D eigenvalue weighted by Crippen LogP contribution is 2.51. The van der Waals surface area contributed by atoms with Gasteiger partial charge in [-0.3, -0.25) is 0 Å². The normalized spacial score (nSPS) is 24.7. The van der Waals surface area contributed by atoms with Gasteiger partial charge in [0.2, 0.25) is 0 Å². The molecule has 62 valence electrons. The topological polar surface area (TPSA) is 0 Å². The molecule has 0 aromatic rings. The van der Waals surface area contributed by atoms with E-state index in [0.29, 0.717) is 17.2 Å². The molecule has 0 saturated heterocycles. The summed E-state index contributed by atoms with van der Waals surface area (Å²) >= 11 is 0. The van der Waals surface area contributed by atoms with Gasteiger partial charge in [-0.25, -0.2) is 0 Å². The van der Waals surface area contributed by atoms with Gasteiger partial charge in [0.05, 0.1) is 7.85 Å². The lowest BCUT2D eigenvalue weighted by Gasteiger charge is -2.35. The molecule has 1 heteroatoms. The third kappa shape index (κ3) is 1.80. The lowest BCUT2D eigenvalue weighted by molar-refractivity contribution is 0.187. The summed E-state index contributed by atoms with van der Waals surface area (Å²) in [6, 6.07) is 0. The van der Waals surface area contributed by atoms with Crippen LogP contribution in [0.5, 0.6) is 0 Å². The average Bonchev–Trinajstić information content (AvgIpc) is 2.66. The zero-order valence-electron chi connectivity index (χ0n) is 8.22. The average molecular weight is 150 g/mol.